The van der Waals surface area contributed by atoms with E-state index in [2.05, 4.69) is 10.6 Å². The van der Waals surface area contributed by atoms with Crippen molar-refractivity contribution >= 4 is 17.6 Å². The molecule has 0 saturated carbocycles. The maximum absolute atomic E-state index is 12.1. The van der Waals surface area contributed by atoms with Crippen LogP contribution in [0.4, 0.5) is 10.5 Å². The zero-order chi connectivity index (χ0) is 16.1. The Labute approximate surface area is 130 Å². The van der Waals surface area contributed by atoms with Crippen LogP contribution in [0.5, 0.6) is 0 Å². The first-order chi connectivity index (χ1) is 10.5. The average Bonchev–Trinajstić information content (AvgIpc) is 2.80. The first-order valence-electron chi connectivity index (χ1n) is 7.42. The minimum atomic E-state index is -0.270. The topological polar surface area (TPSA) is 70.7 Å². The van der Waals surface area contributed by atoms with Gasteiger partial charge in [0, 0.05) is 25.8 Å². The van der Waals surface area contributed by atoms with E-state index in [1.165, 1.54) is 0 Å². The van der Waals surface area contributed by atoms with Gasteiger partial charge in [-0.3, -0.25) is 4.79 Å². The molecule has 1 saturated heterocycles. The van der Waals surface area contributed by atoms with E-state index in [0.717, 1.165) is 11.3 Å². The molecule has 2 atom stereocenters. The van der Waals surface area contributed by atoms with Gasteiger partial charge in [0.15, 0.2) is 0 Å². The SMILES string of the molecule is COC[C@@H](C)NC(=O)N[C@H]1CC(=O)N(c2ccc(C)cc2)C1. The number of benzene rings is 1. The fraction of sp³-hybridized carbons (Fsp3) is 0.500. The molecule has 0 aromatic heterocycles. The highest BCUT2D eigenvalue weighted by Crippen LogP contribution is 2.21. The number of nitrogens with one attached hydrogen (secondary N) is 2. The van der Waals surface area contributed by atoms with Crippen molar-refractivity contribution in [1.29, 1.82) is 0 Å². The maximum Gasteiger partial charge on any atom is 0.315 e. The largest absolute Gasteiger partial charge is 0.383 e. The van der Waals surface area contributed by atoms with Gasteiger partial charge in [0.2, 0.25) is 5.91 Å². The van der Waals surface area contributed by atoms with Crippen molar-refractivity contribution in [3.05, 3.63) is 29.8 Å². The van der Waals surface area contributed by atoms with E-state index in [0.29, 0.717) is 19.6 Å². The van der Waals surface area contributed by atoms with Crippen LogP contribution in [0.25, 0.3) is 0 Å². The van der Waals surface area contributed by atoms with Gasteiger partial charge in [0.05, 0.1) is 18.7 Å². The quantitative estimate of drug-likeness (QED) is 0.864. The Morgan fingerprint density at radius 2 is 2.09 bits per heavy atom. The second-order valence-electron chi connectivity index (χ2n) is 5.72. The standard InChI is InChI=1S/C16H23N3O3/c1-11-4-6-14(7-5-11)19-9-13(8-15(19)20)18-16(21)17-12(2)10-22-3/h4-7,12-13H,8-10H2,1-3H3,(H2,17,18,21)/t12-,13+/m1/s1. The minimum Gasteiger partial charge on any atom is -0.383 e. The van der Waals surface area contributed by atoms with Crippen LogP contribution < -0.4 is 15.5 Å². The van der Waals surface area contributed by atoms with Crippen molar-refractivity contribution < 1.29 is 14.3 Å². The molecule has 120 valence electrons. The number of methoxy groups -OCH3 is 1. The molecule has 1 fully saturated rings. The van der Waals surface area contributed by atoms with Crippen LogP contribution >= 0.6 is 0 Å². The number of urea groups is 1. The zero-order valence-corrected chi connectivity index (χ0v) is 13.3. The number of rotatable bonds is 5. The molecule has 0 spiro atoms. The number of hydrogen-bond donors (Lipinski definition) is 2. The highest BCUT2D eigenvalue weighted by atomic mass is 16.5. The van der Waals surface area contributed by atoms with Gasteiger partial charge in [-0.15, -0.1) is 0 Å². The molecule has 1 heterocycles. The second-order valence-corrected chi connectivity index (χ2v) is 5.72. The van der Waals surface area contributed by atoms with Crippen molar-refractivity contribution in [3.8, 4) is 0 Å². The summed E-state index contributed by atoms with van der Waals surface area (Å²) >= 11 is 0. The van der Waals surface area contributed by atoms with Crippen molar-refractivity contribution in [3.63, 3.8) is 0 Å². The Balaban J connectivity index is 1.89. The van der Waals surface area contributed by atoms with Crippen LogP contribution in [0.15, 0.2) is 24.3 Å². The van der Waals surface area contributed by atoms with E-state index >= 15 is 0 Å². The highest BCUT2D eigenvalue weighted by Gasteiger charge is 2.31. The summed E-state index contributed by atoms with van der Waals surface area (Å²) in [6, 6.07) is 7.28. The molecule has 1 aliphatic rings. The molecule has 22 heavy (non-hydrogen) atoms. The Morgan fingerprint density at radius 3 is 2.73 bits per heavy atom. The third kappa shape index (κ3) is 4.21. The van der Waals surface area contributed by atoms with Gasteiger partial charge in [-0.1, -0.05) is 17.7 Å². The van der Waals surface area contributed by atoms with E-state index in [-0.39, 0.29) is 24.0 Å². The second kappa shape index (κ2) is 7.26. The lowest BCUT2D eigenvalue weighted by atomic mass is 10.2. The third-order valence-electron chi connectivity index (χ3n) is 3.60. The molecule has 2 rings (SSSR count). The maximum atomic E-state index is 12.1. The molecular weight excluding hydrogens is 282 g/mol. The van der Waals surface area contributed by atoms with Gasteiger partial charge >= 0.3 is 6.03 Å². The lowest BCUT2D eigenvalue weighted by Crippen LogP contribution is -2.47. The fourth-order valence-corrected chi connectivity index (χ4v) is 2.52. The van der Waals surface area contributed by atoms with Gasteiger partial charge in [-0.2, -0.15) is 0 Å². The molecular formula is C16H23N3O3. The normalized spacial score (nSPS) is 19.1. The highest BCUT2D eigenvalue weighted by molar-refractivity contribution is 5.96. The molecule has 6 nitrogen and oxygen atoms in total. The van der Waals surface area contributed by atoms with Gasteiger partial charge in [-0.25, -0.2) is 4.79 Å². The van der Waals surface area contributed by atoms with Crippen LogP contribution in [0.1, 0.15) is 18.9 Å². The number of carbonyl (C=O) groups is 2. The molecule has 2 N–H and O–H groups in total. The molecule has 1 aromatic rings. The third-order valence-corrected chi connectivity index (χ3v) is 3.60. The predicted molar refractivity (Wildman–Crippen MR) is 84.9 cm³/mol. The summed E-state index contributed by atoms with van der Waals surface area (Å²) in [6.07, 6.45) is 0.319. The first kappa shape index (κ1) is 16.3. The lowest BCUT2D eigenvalue weighted by molar-refractivity contribution is -0.117. The van der Waals surface area contributed by atoms with Gasteiger partial charge < -0.3 is 20.3 Å². The molecule has 0 radical (unpaired) electrons. The average molecular weight is 305 g/mol. The molecule has 6 heteroatoms. The Bertz CT molecular complexity index is 530. The first-order valence-corrected chi connectivity index (χ1v) is 7.42. The van der Waals surface area contributed by atoms with Gasteiger partial charge in [-0.05, 0) is 26.0 Å². The van der Waals surface area contributed by atoms with Crippen molar-refractivity contribution in [1.82, 2.24) is 10.6 Å². The Morgan fingerprint density at radius 1 is 1.41 bits per heavy atom. The molecule has 1 aromatic carbocycles. The summed E-state index contributed by atoms with van der Waals surface area (Å²) < 4.78 is 4.97. The summed E-state index contributed by atoms with van der Waals surface area (Å²) in [5.74, 6) is 0.0269. The number of anilines is 1. The smallest absolute Gasteiger partial charge is 0.315 e. The van der Waals surface area contributed by atoms with Crippen molar-refractivity contribution in [2.24, 2.45) is 0 Å². The van der Waals surface area contributed by atoms with Crippen LogP contribution in [0.2, 0.25) is 0 Å². The van der Waals surface area contributed by atoms with Crippen LogP contribution in [-0.2, 0) is 9.53 Å². The van der Waals surface area contributed by atoms with Crippen molar-refractivity contribution in [2.75, 3.05) is 25.2 Å². The van der Waals surface area contributed by atoms with E-state index in [9.17, 15) is 9.59 Å². The number of nitrogens with zero attached hydrogens (tertiary/aromatic N) is 1. The zero-order valence-electron chi connectivity index (χ0n) is 13.3. The summed E-state index contributed by atoms with van der Waals surface area (Å²) in [7, 11) is 1.59. The summed E-state index contributed by atoms with van der Waals surface area (Å²) in [5.41, 5.74) is 2.02. The number of aryl methyl sites for hydroxylation is 1. The van der Waals surface area contributed by atoms with E-state index in [1.54, 1.807) is 12.0 Å². The van der Waals surface area contributed by atoms with E-state index in [1.807, 2.05) is 38.1 Å². The van der Waals surface area contributed by atoms with Crippen LogP contribution in [0, 0.1) is 6.92 Å². The lowest BCUT2D eigenvalue weighted by Gasteiger charge is -2.19. The summed E-state index contributed by atoms with van der Waals surface area (Å²) in [6.45, 7) is 4.81. The van der Waals surface area contributed by atoms with E-state index in [4.69, 9.17) is 4.74 Å². The minimum absolute atomic E-state index is 0.0269. The number of hydrogen-bond acceptors (Lipinski definition) is 3. The van der Waals surface area contributed by atoms with Gasteiger partial charge in [0.25, 0.3) is 0 Å². The molecule has 3 amide bonds. The van der Waals surface area contributed by atoms with Gasteiger partial charge in [0.1, 0.15) is 0 Å². The summed E-state index contributed by atoms with van der Waals surface area (Å²) in [5, 5.41) is 5.62. The fourth-order valence-electron chi connectivity index (χ4n) is 2.52. The van der Waals surface area contributed by atoms with E-state index < -0.39 is 0 Å². The molecule has 0 bridgehead atoms. The molecule has 1 aliphatic heterocycles. The van der Waals surface area contributed by atoms with Crippen molar-refractivity contribution in [2.45, 2.75) is 32.4 Å². The predicted octanol–water partition coefficient (Wildman–Crippen LogP) is 1.43. The number of ether oxygens (including phenoxy) is 1. The Hall–Kier alpha value is -2.08. The monoisotopic (exact) mass is 305 g/mol. The van der Waals surface area contributed by atoms with Crippen LogP contribution in [-0.4, -0.2) is 44.3 Å². The molecule has 0 unspecified atom stereocenters. The number of carbonyl (C=O) groups excluding carboxylic acids is 2. The Kier molecular flexibility index (Phi) is 5.38. The number of amides is 3. The molecule has 0 aliphatic carbocycles. The summed E-state index contributed by atoms with van der Waals surface area (Å²) in [4.78, 5) is 25.7. The van der Waals surface area contributed by atoms with Crippen LogP contribution in [0.3, 0.4) is 0 Å².